The molecular weight excluding hydrogens is 540 g/mol. The highest BCUT2D eigenvalue weighted by atomic mass is 32.2. The second-order valence-electron chi connectivity index (χ2n) is 10.4. The van der Waals surface area contributed by atoms with Crippen LogP contribution in [0.2, 0.25) is 0 Å². The third-order valence-corrected chi connectivity index (χ3v) is 7.27. The fourth-order valence-electron chi connectivity index (χ4n) is 4.08. The van der Waals surface area contributed by atoms with Crippen molar-refractivity contribution in [2.75, 3.05) is 10.7 Å². The quantitative estimate of drug-likeness (QED) is 0.308. The van der Waals surface area contributed by atoms with Crippen LogP contribution < -0.4 is 15.0 Å². The van der Waals surface area contributed by atoms with E-state index in [-0.39, 0.29) is 36.5 Å². The van der Waals surface area contributed by atoms with E-state index in [2.05, 4.69) is 10.1 Å². The zero-order chi connectivity index (χ0) is 28.5. The van der Waals surface area contributed by atoms with E-state index in [0.717, 1.165) is 0 Å². The van der Waals surface area contributed by atoms with Gasteiger partial charge in [-0.15, -0.1) is 11.8 Å². The first-order valence-electron chi connectivity index (χ1n) is 12.2. The van der Waals surface area contributed by atoms with E-state index in [1.165, 1.54) is 53.1 Å². The molecule has 39 heavy (non-hydrogen) atoms. The van der Waals surface area contributed by atoms with E-state index in [0.29, 0.717) is 16.1 Å². The number of Topliss-reactive ketones (excluding diaryl/α,β-unsaturated/α-hetero) is 1. The summed E-state index contributed by atoms with van der Waals surface area (Å²) in [6.45, 7) is 2.06. The van der Waals surface area contributed by atoms with Gasteiger partial charge in [0.15, 0.2) is 5.78 Å². The van der Waals surface area contributed by atoms with Crippen LogP contribution in [0.4, 0.5) is 28.0 Å². The van der Waals surface area contributed by atoms with Gasteiger partial charge in [0.1, 0.15) is 17.4 Å². The molecule has 1 aliphatic heterocycles. The molecule has 1 heterocycles. The van der Waals surface area contributed by atoms with Crippen LogP contribution in [-0.4, -0.2) is 47.7 Å². The Morgan fingerprint density at radius 1 is 1.15 bits per heavy atom. The first kappa shape index (κ1) is 28.7. The van der Waals surface area contributed by atoms with Gasteiger partial charge < -0.3 is 19.7 Å². The minimum absolute atomic E-state index is 0.0216. The van der Waals surface area contributed by atoms with E-state index in [1.807, 2.05) is 0 Å². The Hall–Kier alpha value is -3.28. The third-order valence-electron chi connectivity index (χ3n) is 6.11. The number of carbonyl (C=O) groups is 3. The maximum absolute atomic E-state index is 13.7. The van der Waals surface area contributed by atoms with E-state index in [1.54, 1.807) is 26.8 Å². The Bertz CT molecular complexity index is 1250. The highest BCUT2D eigenvalue weighted by molar-refractivity contribution is 7.99. The van der Waals surface area contributed by atoms with Crippen molar-refractivity contribution in [2.24, 2.45) is 5.92 Å². The standard InChI is InChI=1S/C27H28F4N2O5S/c1-26(2,3)38-25(36)32-19-14-39-22-9-6-16(21(34)11-17-12-27(17,30)31)10-20(22)33(23(19)35)13-15-4-7-18(8-5-15)37-24(28)29/h4-10,17,19,24H,11-14H2,1-3H3,(H,32,36)/t17-,19+/m1/s1. The van der Waals surface area contributed by atoms with Crippen molar-refractivity contribution in [1.29, 1.82) is 0 Å². The lowest BCUT2D eigenvalue weighted by molar-refractivity contribution is -0.120. The third kappa shape index (κ3) is 7.43. The van der Waals surface area contributed by atoms with Gasteiger partial charge in [-0.3, -0.25) is 9.59 Å². The minimum atomic E-state index is -2.99. The number of rotatable bonds is 8. The number of halogens is 4. The molecule has 0 bridgehead atoms. The largest absolute Gasteiger partial charge is 0.444 e. The maximum Gasteiger partial charge on any atom is 0.408 e. The Morgan fingerprint density at radius 3 is 2.41 bits per heavy atom. The summed E-state index contributed by atoms with van der Waals surface area (Å²) in [5, 5.41) is 2.60. The van der Waals surface area contributed by atoms with Gasteiger partial charge >= 0.3 is 12.7 Å². The molecule has 1 aliphatic carbocycles. The monoisotopic (exact) mass is 568 g/mol. The van der Waals surface area contributed by atoms with Crippen LogP contribution in [-0.2, 0) is 16.1 Å². The number of nitrogens with zero attached hydrogens (tertiary/aromatic N) is 1. The van der Waals surface area contributed by atoms with E-state index >= 15 is 0 Å². The molecule has 0 unspecified atom stereocenters. The number of alkyl halides is 4. The molecule has 2 aromatic carbocycles. The van der Waals surface area contributed by atoms with Gasteiger partial charge in [-0.25, -0.2) is 13.6 Å². The number of fused-ring (bicyclic) bond motifs is 1. The van der Waals surface area contributed by atoms with Crippen molar-refractivity contribution < 1.29 is 41.4 Å². The summed E-state index contributed by atoms with van der Waals surface area (Å²) in [6, 6.07) is 9.41. The summed E-state index contributed by atoms with van der Waals surface area (Å²) in [6.07, 6.45) is -1.41. The molecule has 1 N–H and O–H groups in total. The van der Waals surface area contributed by atoms with Crippen LogP contribution >= 0.6 is 11.8 Å². The SMILES string of the molecule is CC(C)(C)OC(=O)N[C@H]1CSc2ccc(C(=O)C[C@@H]3CC3(F)F)cc2N(Cc2ccc(OC(F)F)cc2)C1=O. The van der Waals surface area contributed by atoms with Crippen molar-refractivity contribution in [3.05, 3.63) is 53.6 Å². The van der Waals surface area contributed by atoms with Crippen LogP contribution in [0.25, 0.3) is 0 Å². The number of nitrogens with one attached hydrogen (secondary N) is 1. The number of alkyl carbamates (subject to hydrolysis) is 1. The number of benzene rings is 2. The van der Waals surface area contributed by atoms with Gasteiger partial charge in [0, 0.05) is 35.0 Å². The number of ether oxygens (including phenoxy) is 2. The minimum Gasteiger partial charge on any atom is -0.444 e. The van der Waals surface area contributed by atoms with Gasteiger partial charge in [-0.1, -0.05) is 18.2 Å². The van der Waals surface area contributed by atoms with Crippen LogP contribution in [0, 0.1) is 5.92 Å². The van der Waals surface area contributed by atoms with Crippen molar-refractivity contribution in [3.63, 3.8) is 0 Å². The Kier molecular flexibility index (Phi) is 8.15. The highest BCUT2D eigenvalue weighted by Crippen LogP contribution is 2.51. The molecule has 1 saturated carbocycles. The van der Waals surface area contributed by atoms with Crippen molar-refractivity contribution >= 4 is 35.2 Å². The molecular formula is C27H28F4N2O5S. The maximum atomic E-state index is 13.7. The smallest absolute Gasteiger partial charge is 0.408 e. The molecule has 0 saturated heterocycles. The molecule has 4 rings (SSSR count). The molecule has 2 aliphatic rings. The van der Waals surface area contributed by atoms with Gasteiger partial charge in [-0.2, -0.15) is 8.78 Å². The molecule has 7 nitrogen and oxygen atoms in total. The van der Waals surface area contributed by atoms with E-state index < -0.39 is 47.9 Å². The number of carbonyl (C=O) groups excluding carboxylic acids is 3. The first-order chi connectivity index (χ1) is 18.2. The van der Waals surface area contributed by atoms with Crippen molar-refractivity contribution in [1.82, 2.24) is 5.32 Å². The predicted molar refractivity (Wildman–Crippen MR) is 137 cm³/mol. The highest BCUT2D eigenvalue weighted by Gasteiger charge is 2.57. The number of amides is 2. The summed E-state index contributed by atoms with van der Waals surface area (Å²) in [4.78, 5) is 41.0. The summed E-state index contributed by atoms with van der Waals surface area (Å²) >= 11 is 1.28. The molecule has 2 amide bonds. The molecule has 0 radical (unpaired) electrons. The lowest BCUT2D eigenvalue weighted by Gasteiger charge is -2.27. The van der Waals surface area contributed by atoms with Crippen LogP contribution in [0.5, 0.6) is 5.75 Å². The summed E-state index contributed by atoms with van der Waals surface area (Å²) in [5.41, 5.74) is 0.339. The lowest BCUT2D eigenvalue weighted by atomic mass is 10.0. The Morgan fingerprint density at radius 2 is 1.82 bits per heavy atom. The number of anilines is 1. The molecule has 2 aromatic rings. The fraction of sp³-hybridized carbons (Fsp3) is 0.444. The summed E-state index contributed by atoms with van der Waals surface area (Å²) < 4.78 is 61.6. The molecule has 0 spiro atoms. The van der Waals surface area contributed by atoms with Crippen LogP contribution in [0.1, 0.15) is 49.5 Å². The normalized spacial score (nSPS) is 20.2. The van der Waals surface area contributed by atoms with E-state index in [4.69, 9.17) is 4.74 Å². The fourth-order valence-corrected chi connectivity index (χ4v) is 5.14. The lowest BCUT2D eigenvalue weighted by Crippen LogP contribution is -2.50. The first-order valence-corrected chi connectivity index (χ1v) is 13.2. The second-order valence-corrected chi connectivity index (χ2v) is 11.5. The van der Waals surface area contributed by atoms with Gasteiger partial charge in [-0.05, 0) is 50.6 Å². The second kappa shape index (κ2) is 11.1. The van der Waals surface area contributed by atoms with Gasteiger partial charge in [0.05, 0.1) is 12.2 Å². The van der Waals surface area contributed by atoms with Crippen molar-refractivity contribution in [3.8, 4) is 5.75 Å². The summed E-state index contributed by atoms with van der Waals surface area (Å²) in [7, 11) is 0. The number of hydrogen-bond donors (Lipinski definition) is 1. The molecule has 210 valence electrons. The summed E-state index contributed by atoms with van der Waals surface area (Å²) in [5.74, 6) is -4.66. The zero-order valence-electron chi connectivity index (χ0n) is 21.5. The van der Waals surface area contributed by atoms with Crippen LogP contribution in [0.3, 0.4) is 0 Å². The average Bonchev–Trinajstić information content (AvgIpc) is 3.46. The molecule has 0 aromatic heterocycles. The Balaban J connectivity index is 1.62. The molecule has 1 fully saturated rings. The van der Waals surface area contributed by atoms with Crippen molar-refractivity contribution in [2.45, 2.75) is 69.2 Å². The zero-order valence-corrected chi connectivity index (χ0v) is 22.3. The average molecular weight is 569 g/mol. The van der Waals surface area contributed by atoms with E-state index in [9.17, 15) is 31.9 Å². The molecule has 2 atom stereocenters. The van der Waals surface area contributed by atoms with Gasteiger partial charge in [0.25, 0.3) is 11.8 Å². The Labute approximate surface area is 227 Å². The number of hydrogen-bond acceptors (Lipinski definition) is 6. The predicted octanol–water partition coefficient (Wildman–Crippen LogP) is 6.05. The molecule has 12 heteroatoms. The number of thioether (sulfide) groups is 1. The topological polar surface area (TPSA) is 84.9 Å². The number of ketones is 1. The van der Waals surface area contributed by atoms with Gasteiger partial charge in [0.2, 0.25) is 0 Å². The van der Waals surface area contributed by atoms with Crippen LogP contribution in [0.15, 0.2) is 47.4 Å².